The van der Waals surface area contributed by atoms with E-state index in [1.807, 2.05) is 6.07 Å². The highest BCUT2D eigenvalue weighted by Crippen LogP contribution is 2.32. The van der Waals surface area contributed by atoms with Crippen LogP contribution < -0.4 is 16.0 Å². The van der Waals surface area contributed by atoms with Gasteiger partial charge in [0.1, 0.15) is 0 Å². The van der Waals surface area contributed by atoms with Crippen LogP contribution in [-0.2, 0) is 22.7 Å². The second kappa shape index (κ2) is 8.66. The van der Waals surface area contributed by atoms with Gasteiger partial charge in [0.05, 0.1) is 0 Å². The number of primary amides is 1. The number of hydrogen-bond acceptors (Lipinski definition) is 4. The number of nitrogens with one attached hydrogen (secondary N) is 1. The summed E-state index contributed by atoms with van der Waals surface area (Å²) in [6.45, 7) is 3.53. The lowest BCUT2D eigenvalue weighted by molar-refractivity contribution is -0.125. The first-order valence-corrected chi connectivity index (χ1v) is 10.3. The molecule has 2 heterocycles. The van der Waals surface area contributed by atoms with Crippen molar-refractivity contribution < 1.29 is 9.59 Å². The van der Waals surface area contributed by atoms with Gasteiger partial charge in [-0.3, -0.25) is 14.5 Å². The molecule has 6 nitrogen and oxygen atoms in total. The third kappa shape index (κ3) is 4.77. The monoisotopic (exact) mass is 392 g/mol. The Morgan fingerprint density at radius 3 is 2.55 bits per heavy atom. The zero-order chi connectivity index (χ0) is 20.2. The van der Waals surface area contributed by atoms with Crippen LogP contribution in [0.5, 0.6) is 0 Å². The van der Waals surface area contributed by atoms with Gasteiger partial charge in [0.2, 0.25) is 11.8 Å². The molecule has 29 heavy (non-hydrogen) atoms. The molecule has 1 saturated heterocycles. The fourth-order valence-corrected chi connectivity index (χ4v) is 4.49. The molecule has 0 unspecified atom stereocenters. The molecule has 1 fully saturated rings. The molecule has 2 aliphatic heterocycles. The average molecular weight is 393 g/mol. The smallest absolute Gasteiger partial charge is 0.220 e. The normalized spacial score (nSPS) is 21.2. The lowest BCUT2D eigenvalue weighted by Gasteiger charge is -2.28. The van der Waals surface area contributed by atoms with Crippen LogP contribution in [0.1, 0.15) is 30.4 Å². The van der Waals surface area contributed by atoms with Crippen LogP contribution >= 0.6 is 0 Å². The number of hydrogen-bond donors (Lipinski definition) is 2. The van der Waals surface area contributed by atoms with Crippen LogP contribution in [0.15, 0.2) is 54.6 Å². The van der Waals surface area contributed by atoms with E-state index in [-0.39, 0.29) is 24.8 Å². The van der Waals surface area contributed by atoms with E-state index in [0.29, 0.717) is 6.04 Å². The highest BCUT2D eigenvalue weighted by Gasteiger charge is 2.36. The number of amides is 2. The zero-order valence-electron chi connectivity index (χ0n) is 16.6. The Balaban J connectivity index is 1.47. The Kier molecular flexibility index (Phi) is 5.81. The van der Waals surface area contributed by atoms with Crippen molar-refractivity contribution in [3.8, 4) is 0 Å². The fraction of sp³-hybridized carbons (Fsp3) is 0.391. The van der Waals surface area contributed by atoms with Crippen LogP contribution in [0.4, 0.5) is 5.69 Å². The molecule has 2 atom stereocenters. The molecule has 0 aliphatic carbocycles. The fourth-order valence-electron chi connectivity index (χ4n) is 4.49. The quantitative estimate of drug-likeness (QED) is 0.789. The maximum atomic E-state index is 12.1. The Morgan fingerprint density at radius 2 is 1.76 bits per heavy atom. The summed E-state index contributed by atoms with van der Waals surface area (Å²) >= 11 is 0. The number of fused-ring (bicyclic) bond motifs is 2. The number of benzene rings is 2. The van der Waals surface area contributed by atoms with Gasteiger partial charge >= 0.3 is 0 Å². The molecule has 0 saturated carbocycles. The summed E-state index contributed by atoms with van der Waals surface area (Å²) in [6.07, 6.45) is 1.19. The van der Waals surface area contributed by atoms with E-state index in [1.165, 1.54) is 16.8 Å². The van der Waals surface area contributed by atoms with E-state index in [2.05, 4.69) is 63.6 Å². The van der Waals surface area contributed by atoms with Crippen LogP contribution in [0.25, 0.3) is 0 Å². The predicted octanol–water partition coefficient (Wildman–Crippen LogP) is 2.03. The van der Waals surface area contributed by atoms with Gasteiger partial charge in [-0.1, -0.05) is 48.5 Å². The first kappa shape index (κ1) is 19.5. The summed E-state index contributed by atoms with van der Waals surface area (Å²) in [5, 5.41) is 3.09. The Labute approximate surface area is 171 Å². The van der Waals surface area contributed by atoms with Crippen molar-refractivity contribution in [1.29, 1.82) is 0 Å². The second-order valence-corrected chi connectivity index (χ2v) is 8.04. The van der Waals surface area contributed by atoms with Crippen molar-refractivity contribution in [2.75, 3.05) is 18.0 Å². The second-order valence-electron chi connectivity index (χ2n) is 8.04. The van der Waals surface area contributed by atoms with Gasteiger partial charge in [0, 0.05) is 56.8 Å². The third-order valence-electron chi connectivity index (χ3n) is 5.84. The minimum Gasteiger partial charge on any atom is -0.370 e. The molecule has 3 N–H and O–H groups in total. The summed E-state index contributed by atoms with van der Waals surface area (Å²) in [5.74, 6) is -0.526. The highest BCUT2D eigenvalue weighted by atomic mass is 16.2. The molecule has 0 aromatic heterocycles. The van der Waals surface area contributed by atoms with Crippen LogP contribution in [-0.4, -0.2) is 41.9 Å². The zero-order valence-corrected chi connectivity index (χ0v) is 16.6. The first-order chi connectivity index (χ1) is 14.1. The lowest BCUT2D eigenvalue weighted by Crippen LogP contribution is -2.37. The van der Waals surface area contributed by atoms with Crippen molar-refractivity contribution >= 4 is 17.5 Å². The number of nitrogens with zero attached hydrogens (tertiary/aromatic N) is 2. The molecular weight excluding hydrogens is 364 g/mol. The average Bonchev–Trinajstić information content (AvgIpc) is 3.01. The van der Waals surface area contributed by atoms with Crippen molar-refractivity contribution in [3.05, 3.63) is 65.7 Å². The molecular formula is C23H28N4O2. The van der Waals surface area contributed by atoms with E-state index >= 15 is 0 Å². The molecule has 4 rings (SSSR count). The van der Waals surface area contributed by atoms with Crippen molar-refractivity contribution in [2.24, 2.45) is 5.73 Å². The van der Waals surface area contributed by atoms with Gasteiger partial charge in [-0.25, -0.2) is 0 Å². The van der Waals surface area contributed by atoms with Gasteiger partial charge in [-0.2, -0.15) is 0 Å². The van der Waals surface area contributed by atoms with Crippen molar-refractivity contribution in [1.82, 2.24) is 10.2 Å². The minimum absolute atomic E-state index is 0.0898. The topological polar surface area (TPSA) is 78.7 Å². The SMILES string of the molecule is NC(=O)CCC(=O)N[C@H]1C[C@H]2CN(Cc3ccccc3)c3ccccc3CN2C1. The lowest BCUT2D eigenvalue weighted by atomic mass is 10.1. The molecule has 0 radical (unpaired) electrons. The Bertz CT molecular complexity index is 870. The van der Waals surface area contributed by atoms with Gasteiger partial charge < -0.3 is 16.0 Å². The maximum Gasteiger partial charge on any atom is 0.220 e. The molecule has 2 amide bonds. The maximum absolute atomic E-state index is 12.1. The summed E-state index contributed by atoms with van der Waals surface area (Å²) in [5.41, 5.74) is 9.07. The van der Waals surface area contributed by atoms with E-state index in [0.717, 1.165) is 32.6 Å². The predicted molar refractivity (Wildman–Crippen MR) is 113 cm³/mol. The standard InChI is InChI=1S/C23H28N4O2/c24-22(28)10-11-23(29)25-19-12-20-16-27(13-17-6-2-1-3-7-17)21-9-5-4-8-18(21)14-26(20)15-19/h1-9,19-20H,10-16H2,(H2,24,28)(H,25,29)/t19-,20-/m0/s1. The summed E-state index contributed by atoms with van der Waals surface area (Å²) in [6, 6.07) is 19.7. The number of carbonyl (C=O) groups excluding carboxylic acids is 2. The van der Waals surface area contributed by atoms with E-state index in [4.69, 9.17) is 5.73 Å². The summed E-state index contributed by atoms with van der Waals surface area (Å²) < 4.78 is 0. The Hall–Kier alpha value is -2.86. The van der Waals surface area contributed by atoms with Crippen molar-refractivity contribution in [3.63, 3.8) is 0 Å². The van der Waals surface area contributed by atoms with Crippen LogP contribution in [0, 0.1) is 0 Å². The summed E-state index contributed by atoms with van der Waals surface area (Å²) in [4.78, 5) is 28.0. The Morgan fingerprint density at radius 1 is 1.00 bits per heavy atom. The third-order valence-corrected chi connectivity index (χ3v) is 5.84. The van der Waals surface area contributed by atoms with Crippen molar-refractivity contribution in [2.45, 2.75) is 44.4 Å². The molecule has 0 bridgehead atoms. The van der Waals surface area contributed by atoms with Crippen LogP contribution in [0.3, 0.4) is 0 Å². The molecule has 6 heteroatoms. The first-order valence-electron chi connectivity index (χ1n) is 10.3. The number of anilines is 1. The van der Waals surface area contributed by atoms with Gasteiger partial charge in [0.25, 0.3) is 0 Å². The number of para-hydroxylation sites is 1. The molecule has 2 aromatic carbocycles. The molecule has 2 aliphatic rings. The molecule has 152 valence electrons. The van der Waals surface area contributed by atoms with Gasteiger partial charge in [0.15, 0.2) is 0 Å². The number of rotatable bonds is 6. The highest BCUT2D eigenvalue weighted by molar-refractivity contribution is 5.83. The van der Waals surface area contributed by atoms with E-state index < -0.39 is 5.91 Å². The molecule has 0 spiro atoms. The van der Waals surface area contributed by atoms with Gasteiger partial charge in [-0.05, 0) is 23.6 Å². The number of nitrogens with two attached hydrogens (primary N) is 1. The van der Waals surface area contributed by atoms with E-state index in [1.54, 1.807) is 0 Å². The van der Waals surface area contributed by atoms with Crippen LogP contribution in [0.2, 0.25) is 0 Å². The largest absolute Gasteiger partial charge is 0.370 e. The number of carbonyl (C=O) groups is 2. The summed E-state index contributed by atoms with van der Waals surface area (Å²) in [7, 11) is 0. The van der Waals surface area contributed by atoms with E-state index in [9.17, 15) is 9.59 Å². The minimum atomic E-state index is -0.436. The van der Waals surface area contributed by atoms with Gasteiger partial charge in [-0.15, -0.1) is 0 Å². The molecule has 2 aromatic rings.